The molecule has 134 valence electrons. The van der Waals surface area contributed by atoms with Gasteiger partial charge in [0.2, 0.25) is 0 Å². The number of hydrogen-bond acceptors (Lipinski definition) is 5. The Balaban J connectivity index is 1.97. The average molecular weight is 369 g/mol. The Bertz CT molecular complexity index is 1030. The summed E-state index contributed by atoms with van der Waals surface area (Å²) in [7, 11) is 0. The van der Waals surface area contributed by atoms with Crippen LogP contribution in [0.4, 0.5) is 5.69 Å². The van der Waals surface area contributed by atoms with E-state index in [0.29, 0.717) is 18.0 Å². The van der Waals surface area contributed by atoms with E-state index in [9.17, 15) is 9.59 Å². The van der Waals surface area contributed by atoms with Crippen molar-refractivity contribution in [3.8, 4) is 17.0 Å². The Kier molecular flexibility index (Phi) is 4.03. The maximum absolute atomic E-state index is 12.2. The summed E-state index contributed by atoms with van der Waals surface area (Å²) in [5, 5.41) is 0. The van der Waals surface area contributed by atoms with E-state index in [-0.39, 0.29) is 12.5 Å². The van der Waals surface area contributed by atoms with Crippen LogP contribution in [0.1, 0.15) is 34.9 Å². The van der Waals surface area contributed by atoms with Gasteiger partial charge in [-0.2, -0.15) is 0 Å². The molecule has 0 saturated heterocycles. The minimum absolute atomic E-state index is 0.0459. The summed E-state index contributed by atoms with van der Waals surface area (Å²) < 4.78 is 7.50. The molecular formula is C19H19N3O3S. The molecule has 0 bridgehead atoms. The number of fused-ring (bicyclic) bond motifs is 2. The highest BCUT2D eigenvalue weighted by molar-refractivity contribution is 7.17. The van der Waals surface area contributed by atoms with Gasteiger partial charge in [0.25, 0.3) is 5.91 Å². The lowest BCUT2D eigenvalue weighted by atomic mass is 10.1. The molecule has 7 heteroatoms. The zero-order chi connectivity index (χ0) is 18.4. The van der Waals surface area contributed by atoms with Gasteiger partial charge in [0.05, 0.1) is 17.1 Å². The number of ether oxygens (including phenoxy) is 1. The standard InChI is InChI=1S/C19H19N3O3S/c1-4-16-18(22-14(9-23)11(3)20-19(22)26-16)12-6-7-15-13(8-12)21(5-2)17(24)10-25-15/h6-9H,4-5,10H2,1-3H3. The number of amides is 1. The highest BCUT2D eigenvalue weighted by Gasteiger charge is 2.26. The molecule has 0 radical (unpaired) electrons. The van der Waals surface area contributed by atoms with Crippen LogP contribution in [0.25, 0.3) is 16.2 Å². The Morgan fingerprint density at radius 1 is 1.35 bits per heavy atom. The number of anilines is 1. The van der Waals surface area contributed by atoms with Crippen LogP contribution in [-0.2, 0) is 11.2 Å². The average Bonchev–Trinajstić information content (AvgIpc) is 3.14. The number of thiazole rings is 1. The zero-order valence-electron chi connectivity index (χ0n) is 14.9. The summed E-state index contributed by atoms with van der Waals surface area (Å²) in [4.78, 5) is 32.0. The first-order valence-corrected chi connectivity index (χ1v) is 9.44. The first-order chi connectivity index (χ1) is 12.6. The van der Waals surface area contributed by atoms with Crippen LogP contribution in [0, 0.1) is 6.92 Å². The summed E-state index contributed by atoms with van der Waals surface area (Å²) in [5.41, 5.74) is 3.98. The van der Waals surface area contributed by atoms with Crippen molar-refractivity contribution in [3.05, 3.63) is 34.5 Å². The number of aldehydes is 1. The van der Waals surface area contributed by atoms with Gasteiger partial charge in [-0.15, -0.1) is 11.3 Å². The summed E-state index contributed by atoms with van der Waals surface area (Å²) in [6, 6.07) is 5.85. The van der Waals surface area contributed by atoms with Crippen molar-refractivity contribution in [2.75, 3.05) is 18.1 Å². The van der Waals surface area contributed by atoms with Gasteiger partial charge in [-0.3, -0.25) is 14.0 Å². The second-order valence-electron chi connectivity index (χ2n) is 6.15. The molecule has 3 aromatic rings. The minimum Gasteiger partial charge on any atom is -0.482 e. The molecular weight excluding hydrogens is 350 g/mol. The fourth-order valence-corrected chi connectivity index (χ4v) is 4.58. The van der Waals surface area contributed by atoms with Gasteiger partial charge < -0.3 is 9.64 Å². The van der Waals surface area contributed by atoms with E-state index in [4.69, 9.17) is 4.74 Å². The Labute approximate surface area is 155 Å². The van der Waals surface area contributed by atoms with E-state index in [2.05, 4.69) is 11.9 Å². The molecule has 1 aliphatic rings. The number of rotatable bonds is 4. The third-order valence-corrected chi connectivity index (χ3v) is 5.88. The predicted octanol–water partition coefficient (Wildman–Crippen LogP) is 3.49. The van der Waals surface area contributed by atoms with E-state index in [1.54, 1.807) is 16.2 Å². The van der Waals surface area contributed by atoms with Crippen molar-refractivity contribution in [1.82, 2.24) is 9.38 Å². The SMILES string of the molecule is CCc1sc2nc(C)c(C=O)n2c1-c1ccc2c(c1)N(CC)C(=O)CO2. The monoisotopic (exact) mass is 369 g/mol. The molecule has 0 spiro atoms. The number of hydrogen-bond donors (Lipinski definition) is 0. The Morgan fingerprint density at radius 2 is 2.15 bits per heavy atom. The molecule has 0 N–H and O–H groups in total. The van der Waals surface area contributed by atoms with Gasteiger partial charge in [-0.25, -0.2) is 4.98 Å². The van der Waals surface area contributed by atoms with Crippen LogP contribution in [-0.4, -0.2) is 34.7 Å². The van der Waals surface area contributed by atoms with E-state index in [1.807, 2.05) is 36.4 Å². The van der Waals surface area contributed by atoms with Gasteiger partial charge in [0.1, 0.15) is 11.4 Å². The van der Waals surface area contributed by atoms with Gasteiger partial charge in [0, 0.05) is 17.0 Å². The minimum atomic E-state index is -0.0459. The van der Waals surface area contributed by atoms with Crippen LogP contribution in [0.5, 0.6) is 5.75 Å². The van der Waals surface area contributed by atoms with Crippen molar-refractivity contribution >= 4 is 34.2 Å². The van der Waals surface area contributed by atoms with Crippen molar-refractivity contribution in [2.24, 2.45) is 0 Å². The normalized spacial score (nSPS) is 13.8. The van der Waals surface area contributed by atoms with Gasteiger partial charge in [0.15, 0.2) is 17.9 Å². The number of aromatic nitrogens is 2. The Hall–Kier alpha value is -2.67. The molecule has 0 aliphatic carbocycles. The highest BCUT2D eigenvalue weighted by atomic mass is 32.1. The first kappa shape index (κ1) is 16.8. The Morgan fingerprint density at radius 3 is 2.85 bits per heavy atom. The number of nitrogens with zero attached hydrogens (tertiary/aromatic N) is 3. The van der Waals surface area contributed by atoms with E-state index in [1.165, 1.54) is 0 Å². The molecule has 3 heterocycles. The van der Waals surface area contributed by atoms with Crippen LogP contribution in [0.3, 0.4) is 0 Å². The largest absolute Gasteiger partial charge is 0.482 e. The molecule has 0 atom stereocenters. The second kappa shape index (κ2) is 6.25. The van der Waals surface area contributed by atoms with E-state index in [0.717, 1.165) is 45.2 Å². The quantitative estimate of drug-likeness (QED) is 0.661. The molecule has 0 saturated carbocycles. The molecule has 0 fully saturated rings. The number of imidazole rings is 1. The summed E-state index contributed by atoms with van der Waals surface area (Å²) >= 11 is 1.59. The smallest absolute Gasteiger partial charge is 0.265 e. The molecule has 26 heavy (non-hydrogen) atoms. The lowest BCUT2D eigenvalue weighted by Crippen LogP contribution is -2.38. The number of carbonyl (C=O) groups excluding carboxylic acids is 2. The summed E-state index contributed by atoms with van der Waals surface area (Å²) in [5.74, 6) is 0.660. The summed E-state index contributed by atoms with van der Waals surface area (Å²) in [6.45, 7) is 6.54. The number of benzene rings is 1. The number of aryl methyl sites for hydroxylation is 2. The van der Waals surface area contributed by atoms with Crippen LogP contribution in [0.15, 0.2) is 18.2 Å². The molecule has 1 aliphatic heterocycles. The topological polar surface area (TPSA) is 63.9 Å². The molecule has 4 rings (SSSR count). The number of likely N-dealkylation sites (N-methyl/N-ethyl adjacent to an activating group) is 1. The second-order valence-corrected chi connectivity index (χ2v) is 7.22. The first-order valence-electron chi connectivity index (χ1n) is 8.62. The molecule has 0 unspecified atom stereocenters. The zero-order valence-corrected chi connectivity index (χ0v) is 15.7. The fraction of sp³-hybridized carbons (Fsp3) is 0.316. The predicted molar refractivity (Wildman–Crippen MR) is 102 cm³/mol. The number of carbonyl (C=O) groups is 2. The van der Waals surface area contributed by atoms with E-state index >= 15 is 0 Å². The van der Waals surface area contributed by atoms with Gasteiger partial charge in [-0.05, 0) is 38.5 Å². The maximum atomic E-state index is 12.2. The fourth-order valence-electron chi connectivity index (χ4n) is 3.45. The molecule has 2 aromatic heterocycles. The van der Waals surface area contributed by atoms with Crippen molar-refractivity contribution < 1.29 is 14.3 Å². The lowest BCUT2D eigenvalue weighted by molar-refractivity contribution is -0.121. The third kappa shape index (κ3) is 2.34. The van der Waals surface area contributed by atoms with Crippen molar-refractivity contribution in [2.45, 2.75) is 27.2 Å². The molecule has 6 nitrogen and oxygen atoms in total. The van der Waals surface area contributed by atoms with Gasteiger partial charge >= 0.3 is 0 Å². The summed E-state index contributed by atoms with van der Waals surface area (Å²) in [6.07, 6.45) is 1.69. The van der Waals surface area contributed by atoms with Gasteiger partial charge in [-0.1, -0.05) is 6.92 Å². The molecule has 1 amide bonds. The third-order valence-electron chi connectivity index (χ3n) is 4.69. The van der Waals surface area contributed by atoms with Crippen molar-refractivity contribution in [3.63, 3.8) is 0 Å². The maximum Gasteiger partial charge on any atom is 0.265 e. The molecule has 1 aromatic carbocycles. The highest BCUT2D eigenvalue weighted by Crippen LogP contribution is 2.39. The lowest BCUT2D eigenvalue weighted by Gasteiger charge is -2.28. The van der Waals surface area contributed by atoms with Crippen molar-refractivity contribution in [1.29, 1.82) is 0 Å². The van der Waals surface area contributed by atoms with Crippen LogP contribution < -0.4 is 9.64 Å². The van der Waals surface area contributed by atoms with E-state index < -0.39 is 0 Å². The van der Waals surface area contributed by atoms with Crippen LogP contribution in [0.2, 0.25) is 0 Å². The van der Waals surface area contributed by atoms with Crippen LogP contribution >= 0.6 is 11.3 Å².